The molecule has 1 aliphatic carbocycles. The highest BCUT2D eigenvalue weighted by atomic mass is 32.1. The van der Waals surface area contributed by atoms with E-state index in [2.05, 4.69) is 9.97 Å². The largest absolute Gasteiger partial charge is 0.477 e. The molecule has 17 heavy (non-hydrogen) atoms. The van der Waals surface area contributed by atoms with Crippen molar-refractivity contribution in [2.24, 2.45) is 11.7 Å². The van der Waals surface area contributed by atoms with Crippen molar-refractivity contribution in [3.63, 3.8) is 0 Å². The zero-order valence-corrected chi connectivity index (χ0v) is 10.6. The van der Waals surface area contributed by atoms with Crippen LogP contribution >= 0.6 is 12.2 Å². The molecule has 0 aromatic carbocycles. The molecule has 1 aromatic rings. The average Bonchev–Trinajstić information content (AvgIpc) is 2.38. The first kappa shape index (κ1) is 12.2. The van der Waals surface area contributed by atoms with Crippen LogP contribution in [0.15, 0.2) is 12.5 Å². The van der Waals surface area contributed by atoms with Crippen molar-refractivity contribution < 1.29 is 4.74 Å². The molecule has 0 radical (unpaired) electrons. The second kappa shape index (κ2) is 5.91. The summed E-state index contributed by atoms with van der Waals surface area (Å²) < 4.78 is 5.72. The van der Waals surface area contributed by atoms with Crippen LogP contribution in [0, 0.1) is 5.92 Å². The van der Waals surface area contributed by atoms with Crippen molar-refractivity contribution in [1.29, 1.82) is 0 Å². The van der Waals surface area contributed by atoms with E-state index in [1.54, 1.807) is 6.20 Å². The van der Waals surface area contributed by atoms with Crippen molar-refractivity contribution in [3.8, 4) is 5.88 Å². The van der Waals surface area contributed by atoms with Crippen LogP contribution in [-0.2, 0) is 0 Å². The summed E-state index contributed by atoms with van der Waals surface area (Å²) in [6.07, 6.45) is 9.51. The Balaban J connectivity index is 1.96. The molecule has 5 heteroatoms. The van der Waals surface area contributed by atoms with Crippen LogP contribution in [0.2, 0.25) is 0 Å². The van der Waals surface area contributed by atoms with Gasteiger partial charge < -0.3 is 10.5 Å². The zero-order valence-electron chi connectivity index (χ0n) is 9.76. The first-order valence-corrected chi connectivity index (χ1v) is 6.41. The van der Waals surface area contributed by atoms with Gasteiger partial charge in [-0.2, -0.15) is 0 Å². The Morgan fingerprint density at radius 2 is 2.18 bits per heavy atom. The number of nitrogens with zero attached hydrogens (tertiary/aromatic N) is 2. The van der Waals surface area contributed by atoms with Crippen molar-refractivity contribution in [2.45, 2.75) is 32.1 Å². The van der Waals surface area contributed by atoms with Gasteiger partial charge in [0, 0.05) is 6.20 Å². The van der Waals surface area contributed by atoms with Gasteiger partial charge in [0.2, 0.25) is 5.88 Å². The first-order chi connectivity index (χ1) is 8.27. The van der Waals surface area contributed by atoms with Gasteiger partial charge in [0.05, 0.1) is 12.2 Å². The summed E-state index contributed by atoms with van der Waals surface area (Å²) in [6.45, 7) is 0.701. The van der Waals surface area contributed by atoms with Crippen LogP contribution < -0.4 is 10.5 Å². The third-order valence-electron chi connectivity index (χ3n) is 3.12. The minimum Gasteiger partial charge on any atom is -0.477 e. The number of hydrogen-bond donors (Lipinski definition) is 1. The van der Waals surface area contributed by atoms with E-state index >= 15 is 0 Å². The van der Waals surface area contributed by atoms with E-state index in [0.717, 1.165) is 0 Å². The van der Waals surface area contributed by atoms with E-state index in [9.17, 15) is 0 Å². The summed E-state index contributed by atoms with van der Waals surface area (Å²) in [5, 5.41) is 0. The van der Waals surface area contributed by atoms with Crippen molar-refractivity contribution in [2.75, 3.05) is 6.61 Å². The maximum absolute atomic E-state index is 5.72. The number of rotatable bonds is 4. The van der Waals surface area contributed by atoms with Gasteiger partial charge in [-0.25, -0.2) is 9.97 Å². The summed E-state index contributed by atoms with van der Waals surface area (Å²) in [4.78, 5) is 8.27. The molecule has 1 aliphatic rings. The van der Waals surface area contributed by atoms with E-state index in [-0.39, 0.29) is 4.99 Å². The van der Waals surface area contributed by atoms with Gasteiger partial charge in [0.25, 0.3) is 0 Å². The monoisotopic (exact) mass is 251 g/mol. The number of thiocarbonyl (C=S) groups is 1. The van der Waals surface area contributed by atoms with Crippen LogP contribution in [-0.4, -0.2) is 21.6 Å². The highest BCUT2D eigenvalue weighted by Gasteiger charge is 2.15. The normalized spacial score (nSPS) is 16.7. The molecule has 1 heterocycles. The molecular formula is C12H17N3OS. The molecule has 0 atom stereocenters. The second-order valence-corrected chi connectivity index (χ2v) is 4.86. The van der Waals surface area contributed by atoms with Crippen LogP contribution in [0.3, 0.4) is 0 Å². The van der Waals surface area contributed by atoms with Crippen LogP contribution in [0.1, 0.15) is 37.7 Å². The standard InChI is InChI=1S/C12H17N3OS/c13-11(17)10-6-14-8-15-12(10)16-7-9-4-2-1-3-5-9/h6,8-9H,1-5,7H2,(H2,13,17). The zero-order chi connectivity index (χ0) is 12.1. The molecule has 0 bridgehead atoms. The summed E-state index contributed by atoms with van der Waals surface area (Å²) in [5.41, 5.74) is 6.22. The van der Waals surface area contributed by atoms with E-state index < -0.39 is 0 Å². The third kappa shape index (κ3) is 3.36. The quantitative estimate of drug-likeness (QED) is 0.830. The lowest BCUT2D eigenvalue weighted by molar-refractivity contribution is 0.202. The molecule has 0 aliphatic heterocycles. The van der Waals surface area contributed by atoms with Gasteiger partial charge in [0.1, 0.15) is 11.3 Å². The third-order valence-corrected chi connectivity index (χ3v) is 3.34. The van der Waals surface area contributed by atoms with E-state index in [1.165, 1.54) is 38.4 Å². The molecule has 1 fully saturated rings. The van der Waals surface area contributed by atoms with Crippen molar-refractivity contribution in [3.05, 3.63) is 18.1 Å². The van der Waals surface area contributed by atoms with Crippen LogP contribution in [0.5, 0.6) is 5.88 Å². The molecule has 2 rings (SSSR count). The Bertz CT molecular complexity index is 391. The van der Waals surface area contributed by atoms with Crippen LogP contribution in [0.25, 0.3) is 0 Å². The van der Waals surface area contributed by atoms with E-state index in [0.29, 0.717) is 24.0 Å². The SMILES string of the molecule is NC(=S)c1cncnc1OCC1CCCCC1. The minimum absolute atomic E-state index is 0.282. The highest BCUT2D eigenvalue weighted by Crippen LogP contribution is 2.24. The van der Waals surface area contributed by atoms with E-state index in [4.69, 9.17) is 22.7 Å². The molecule has 92 valence electrons. The Hall–Kier alpha value is -1.23. The maximum atomic E-state index is 5.72. The number of nitrogens with two attached hydrogens (primary N) is 1. The molecule has 0 spiro atoms. The topological polar surface area (TPSA) is 61.0 Å². The first-order valence-electron chi connectivity index (χ1n) is 6.00. The average molecular weight is 251 g/mol. The predicted octanol–water partition coefficient (Wildman–Crippen LogP) is 2.07. The van der Waals surface area contributed by atoms with Crippen molar-refractivity contribution in [1.82, 2.24) is 9.97 Å². The lowest BCUT2D eigenvalue weighted by atomic mass is 9.90. The van der Waals surface area contributed by atoms with Crippen molar-refractivity contribution >= 4 is 17.2 Å². The van der Waals surface area contributed by atoms with Crippen LogP contribution in [0.4, 0.5) is 0 Å². The molecule has 1 aromatic heterocycles. The predicted molar refractivity (Wildman–Crippen MR) is 70.0 cm³/mol. The lowest BCUT2D eigenvalue weighted by Gasteiger charge is -2.21. The van der Waals surface area contributed by atoms with Gasteiger partial charge in [-0.05, 0) is 18.8 Å². The Labute approximate surface area is 107 Å². The number of hydrogen-bond acceptors (Lipinski definition) is 4. The van der Waals surface area contributed by atoms with Gasteiger partial charge >= 0.3 is 0 Å². The molecule has 0 amide bonds. The summed E-state index contributed by atoms with van der Waals surface area (Å²) in [6, 6.07) is 0. The Morgan fingerprint density at radius 3 is 2.88 bits per heavy atom. The fourth-order valence-electron chi connectivity index (χ4n) is 2.15. The van der Waals surface area contributed by atoms with Gasteiger partial charge in [-0.3, -0.25) is 0 Å². The fourth-order valence-corrected chi connectivity index (χ4v) is 2.29. The number of aromatic nitrogens is 2. The maximum Gasteiger partial charge on any atom is 0.226 e. The highest BCUT2D eigenvalue weighted by molar-refractivity contribution is 7.80. The Kier molecular flexibility index (Phi) is 4.25. The molecule has 1 saturated carbocycles. The lowest BCUT2D eigenvalue weighted by Crippen LogP contribution is -2.18. The van der Waals surface area contributed by atoms with Gasteiger partial charge in [-0.15, -0.1) is 0 Å². The molecule has 2 N–H and O–H groups in total. The second-order valence-electron chi connectivity index (χ2n) is 4.42. The van der Waals surface area contributed by atoms with Gasteiger partial charge in [0.15, 0.2) is 0 Å². The molecule has 4 nitrogen and oxygen atoms in total. The summed E-state index contributed by atoms with van der Waals surface area (Å²) >= 11 is 4.94. The fraction of sp³-hybridized carbons (Fsp3) is 0.583. The summed E-state index contributed by atoms with van der Waals surface area (Å²) in [5.74, 6) is 1.15. The number of ether oxygens (including phenoxy) is 1. The molecular weight excluding hydrogens is 234 g/mol. The van der Waals surface area contributed by atoms with Gasteiger partial charge in [-0.1, -0.05) is 31.5 Å². The molecule has 0 unspecified atom stereocenters. The minimum atomic E-state index is 0.282. The van der Waals surface area contributed by atoms with E-state index in [1.807, 2.05) is 0 Å². The Morgan fingerprint density at radius 1 is 1.41 bits per heavy atom. The smallest absolute Gasteiger partial charge is 0.226 e. The summed E-state index contributed by atoms with van der Waals surface area (Å²) in [7, 11) is 0. The molecule has 0 saturated heterocycles.